The van der Waals surface area contributed by atoms with Gasteiger partial charge in [-0.2, -0.15) is 0 Å². The lowest BCUT2D eigenvalue weighted by Crippen LogP contribution is -2.34. The van der Waals surface area contributed by atoms with Gasteiger partial charge in [-0.1, -0.05) is 13.3 Å². The van der Waals surface area contributed by atoms with Crippen molar-refractivity contribution >= 4 is 11.7 Å². The Kier molecular flexibility index (Phi) is 5.70. The fraction of sp³-hybridized carbons (Fsp3) is 0.500. The number of nitrogens with zero attached hydrogens (tertiary/aromatic N) is 3. The van der Waals surface area contributed by atoms with Crippen LogP contribution in [0.2, 0.25) is 0 Å². The standard InChI is InChI=1S/C18H24FN5O2/c1-3-14(17-23-22-16-7-5-4-6-10-24(16)17)21-18(25)20-12-8-9-15(26-2)13(19)11-12/h8-9,11,14H,3-7,10H2,1-2H3,(H2,20,21,25)/t14-/m0/s1. The molecule has 7 nitrogen and oxygen atoms in total. The van der Waals surface area contributed by atoms with E-state index < -0.39 is 11.8 Å². The predicted molar refractivity (Wildman–Crippen MR) is 95.7 cm³/mol. The fourth-order valence-corrected chi connectivity index (χ4v) is 3.18. The van der Waals surface area contributed by atoms with E-state index in [-0.39, 0.29) is 11.8 Å². The SMILES string of the molecule is CC[C@H](NC(=O)Nc1ccc(OC)c(F)c1)c1nnc2n1CCCCC2. The quantitative estimate of drug-likeness (QED) is 0.855. The zero-order valence-electron chi connectivity index (χ0n) is 15.1. The Bertz CT molecular complexity index is 777. The molecule has 2 heterocycles. The van der Waals surface area contributed by atoms with Crippen LogP contribution in [0.25, 0.3) is 0 Å². The number of carbonyl (C=O) groups excluding carboxylic acids is 1. The highest BCUT2D eigenvalue weighted by Crippen LogP contribution is 2.22. The molecule has 140 valence electrons. The van der Waals surface area contributed by atoms with Gasteiger partial charge in [0.25, 0.3) is 0 Å². The lowest BCUT2D eigenvalue weighted by atomic mass is 10.2. The number of aromatic nitrogens is 3. The molecule has 3 rings (SSSR count). The first-order valence-electron chi connectivity index (χ1n) is 8.95. The number of fused-ring (bicyclic) bond motifs is 1. The van der Waals surface area contributed by atoms with Gasteiger partial charge in [0.05, 0.1) is 13.2 Å². The van der Waals surface area contributed by atoms with Crippen LogP contribution in [0, 0.1) is 5.82 Å². The lowest BCUT2D eigenvalue weighted by Gasteiger charge is -2.18. The highest BCUT2D eigenvalue weighted by atomic mass is 19.1. The molecule has 1 atom stereocenters. The van der Waals surface area contributed by atoms with E-state index in [2.05, 4.69) is 25.4 Å². The molecule has 0 spiro atoms. The number of ether oxygens (including phenoxy) is 1. The number of aryl methyl sites for hydroxylation is 1. The topological polar surface area (TPSA) is 81.1 Å². The van der Waals surface area contributed by atoms with E-state index in [1.807, 2.05) is 6.92 Å². The monoisotopic (exact) mass is 361 g/mol. The maximum Gasteiger partial charge on any atom is 0.319 e. The molecule has 1 aromatic heterocycles. The van der Waals surface area contributed by atoms with Crippen LogP contribution in [0.5, 0.6) is 5.75 Å². The van der Waals surface area contributed by atoms with Crippen molar-refractivity contribution in [2.45, 2.75) is 51.6 Å². The average molecular weight is 361 g/mol. The summed E-state index contributed by atoms with van der Waals surface area (Å²) in [6.45, 7) is 2.86. The summed E-state index contributed by atoms with van der Waals surface area (Å²) in [6.07, 6.45) is 4.98. The van der Waals surface area contributed by atoms with Crippen LogP contribution in [0.15, 0.2) is 18.2 Å². The molecule has 1 aliphatic heterocycles. The predicted octanol–water partition coefficient (Wildman–Crippen LogP) is 3.43. The van der Waals surface area contributed by atoms with E-state index in [0.29, 0.717) is 12.1 Å². The summed E-state index contributed by atoms with van der Waals surface area (Å²) >= 11 is 0. The Balaban J connectivity index is 1.69. The summed E-state index contributed by atoms with van der Waals surface area (Å²) in [5, 5.41) is 14.1. The molecule has 26 heavy (non-hydrogen) atoms. The molecular weight excluding hydrogens is 337 g/mol. The molecule has 2 N–H and O–H groups in total. The smallest absolute Gasteiger partial charge is 0.319 e. The zero-order valence-corrected chi connectivity index (χ0v) is 15.1. The number of rotatable bonds is 5. The maximum atomic E-state index is 13.8. The van der Waals surface area contributed by atoms with Crippen LogP contribution in [0.4, 0.5) is 14.9 Å². The van der Waals surface area contributed by atoms with Crippen molar-refractivity contribution in [2.75, 3.05) is 12.4 Å². The fourth-order valence-electron chi connectivity index (χ4n) is 3.18. The Hall–Kier alpha value is -2.64. The highest BCUT2D eigenvalue weighted by Gasteiger charge is 2.22. The van der Waals surface area contributed by atoms with Crippen molar-refractivity contribution < 1.29 is 13.9 Å². The van der Waals surface area contributed by atoms with Crippen molar-refractivity contribution in [3.63, 3.8) is 0 Å². The summed E-state index contributed by atoms with van der Waals surface area (Å²) in [5.74, 6) is 1.37. The minimum absolute atomic E-state index is 0.133. The van der Waals surface area contributed by atoms with E-state index >= 15 is 0 Å². The van der Waals surface area contributed by atoms with Crippen LogP contribution in [0.3, 0.4) is 0 Å². The molecule has 0 radical (unpaired) electrons. The second-order valence-electron chi connectivity index (χ2n) is 6.35. The van der Waals surface area contributed by atoms with Crippen LogP contribution in [0.1, 0.15) is 50.3 Å². The molecule has 1 aliphatic rings. The molecule has 0 aliphatic carbocycles. The molecule has 0 saturated carbocycles. The van der Waals surface area contributed by atoms with Crippen LogP contribution >= 0.6 is 0 Å². The van der Waals surface area contributed by atoms with Crippen LogP contribution < -0.4 is 15.4 Å². The summed E-state index contributed by atoms with van der Waals surface area (Å²) in [4.78, 5) is 12.3. The average Bonchev–Trinajstić information content (AvgIpc) is 2.88. The Morgan fingerprint density at radius 3 is 2.92 bits per heavy atom. The Labute approximate surface area is 151 Å². The first-order valence-corrected chi connectivity index (χ1v) is 8.95. The minimum Gasteiger partial charge on any atom is -0.494 e. The van der Waals surface area contributed by atoms with Gasteiger partial charge in [-0.15, -0.1) is 10.2 Å². The summed E-state index contributed by atoms with van der Waals surface area (Å²) in [5.41, 5.74) is 0.357. The number of carbonyl (C=O) groups is 1. The summed E-state index contributed by atoms with van der Waals surface area (Å²) < 4.78 is 20.8. The van der Waals surface area contributed by atoms with E-state index in [0.717, 1.165) is 37.5 Å². The number of urea groups is 1. The second kappa shape index (κ2) is 8.16. The Morgan fingerprint density at radius 1 is 1.35 bits per heavy atom. The summed E-state index contributed by atoms with van der Waals surface area (Å²) in [6, 6.07) is 3.62. The van der Waals surface area contributed by atoms with Crippen molar-refractivity contribution in [1.82, 2.24) is 20.1 Å². The third-order valence-corrected chi connectivity index (χ3v) is 4.57. The first-order chi connectivity index (χ1) is 12.6. The number of hydrogen-bond acceptors (Lipinski definition) is 4. The maximum absolute atomic E-state index is 13.8. The van der Waals surface area contributed by atoms with E-state index in [1.54, 1.807) is 6.07 Å². The molecule has 2 amide bonds. The number of halogens is 1. The minimum atomic E-state index is -0.528. The van der Waals surface area contributed by atoms with Crippen LogP contribution in [-0.2, 0) is 13.0 Å². The van der Waals surface area contributed by atoms with Crippen molar-refractivity contribution in [3.8, 4) is 5.75 Å². The number of hydrogen-bond donors (Lipinski definition) is 2. The van der Waals surface area contributed by atoms with Gasteiger partial charge in [-0.3, -0.25) is 0 Å². The Morgan fingerprint density at radius 2 is 2.19 bits per heavy atom. The molecule has 2 aromatic rings. The van der Waals surface area contributed by atoms with Gasteiger partial charge in [0, 0.05) is 24.7 Å². The van der Waals surface area contributed by atoms with Crippen molar-refractivity contribution in [2.24, 2.45) is 0 Å². The van der Waals surface area contributed by atoms with Gasteiger partial charge < -0.3 is 19.9 Å². The van der Waals surface area contributed by atoms with Crippen molar-refractivity contribution in [1.29, 1.82) is 0 Å². The van der Waals surface area contributed by atoms with E-state index in [4.69, 9.17) is 4.74 Å². The third kappa shape index (κ3) is 3.95. The highest BCUT2D eigenvalue weighted by molar-refractivity contribution is 5.89. The largest absolute Gasteiger partial charge is 0.494 e. The molecule has 0 saturated heterocycles. The van der Waals surface area contributed by atoms with Gasteiger partial charge in [-0.25, -0.2) is 9.18 Å². The lowest BCUT2D eigenvalue weighted by molar-refractivity contribution is 0.247. The molecular formula is C18H24FN5O2. The van der Waals surface area contributed by atoms with E-state index in [9.17, 15) is 9.18 Å². The number of benzene rings is 1. The van der Waals surface area contributed by atoms with Crippen molar-refractivity contribution in [3.05, 3.63) is 35.7 Å². The molecule has 8 heteroatoms. The normalized spacial score (nSPS) is 14.9. The van der Waals surface area contributed by atoms with Gasteiger partial charge in [-0.05, 0) is 31.4 Å². The third-order valence-electron chi connectivity index (χ3n) is 4.57. The van der Waals surface area contributed by atoms with Gasteiger partial charge in [0.1, 0.15) is 5.82 Å². The number of methoxy groups -OCH3 is 1. The molecule has 0 bridgehead atoms. The molecule has 0 fully saturated rings. The second-order valence-corrected chi connectivity index (χ2v) is 6.35. The van der Waals surface area contributed by atoms with Gasteiger partial charge in [0.2, 0.25) is 0 Å². The summed E-state index contributed by atoms with van der Waals surface area (Å²) in [7, 11) is 1.39. The van der Waals surface area contributed by atoms with Crippen LogP contribution in [-0.4, -0.2) is 27.9 Å². The first kappa shape index (κ1) is 18.2. The number of amides is 2. The number of nitrogens with one attached hydrogen (secondary N) is 2. The number of anilines is 1. The van der Waals surface area contributed by atoms with Gasteiger partial charge >= 0.3 is 6.03 Å². The van der Waals surface area contributed by atoms with E-state index in [1.165, 1.54) is 25.7 Å². The zero-order chi connectivity index (χ0) is 18.5. The molecule has 1 aromatic carbocycles. The molecule has 0 unspecified atom stereocenters. The van der Waals surface area contributed by atoms with Gasteiger partial charge in [0.15, 0.2) is 17.4 Å².